The molecule has 0 aliphatic carbocycles. The van der Waals surface area contributed by atoms with E-state index < -0.39 is 6.10 Å². The van der Waals surface area contributed by atoms with Crippen molar-refractivity contribution < 1.29 is 24.2 Å². The lowest BCUT2D eigenvalue weighted by Crippen LogP contribution is -2.28. The molecular formula is C41H66O5. The normalized spacial score (nSPS) is 13.2. The molecule has 0 bridgehead atoms. The van der Waals surface area contributed by atoms with Crippen LogP contribution in [0.5, 0.6) is 0 Å². The molecule has 1 N–H and O–H groups in total. The van der Waals surface area contributed by atoms with E-state index in [4.69, 9.17) is 9.47 Å². The van der Waals surface area contributed by atoms with Gasteiger partial charge in [-0.15, -0.1) is 0 Å². The Morgan fingerprint density at radius 3 is 1.28 bits per heavy atom. The number of aliphatic hydroxyl groups is 1. The highest BCUT2D eigenvalue weighted by atomic mass is 16.6. The third kappa shape index (κ3) is 34.0. The van der Waals surface area contributed by atoms with E-state index in [-0.39, 0.29) is 31.6 Å². The van der Waals surface area contributed by atoms with E-state index in [1.807, 2.05) is 0 Å². The minimum Gasteiger partial charge on any atom is -0.462 e. The fourth-order valence-electron chi connectivity index (χ4n) is 4.37. The highest BCUT2D eigenvalue weighted by Crippen LogP contribution is 2.07. The van der Waals surface area contributed by atoms with E-state index in [0.717, 1.165) is 57.8 Å². The van der Waals surface area contributed by atoms with Crippen molar-refractivity contribution in [2.45, 2.75) is 148 Å². The maximum atomic E-state index is 12.1. The van der Waals surface area contributed by atoms with Gasteiger partial charge in [0.2, 0.25) is 0 Å². The Labute approximate surface area is 282 Å². The number of allylic oxidation sites excluding steroid dienone is 14. The number of aliphatic hydroxyl groups excluding tert-OH is 1. The van der Waals surface area contributed by atoms with Crippen LogP contribution in [0, 0.1) is 0 Å². The molecule has 0 saturated heterocycles. The lowest BCUT2D eigenvalue weighted by Gasteiger charge is -2.15. The Bertz CT molecular complexity index is 906. The Morgan fingerprint density at radius 1 is 0.500 bits per heavy atom. The van der Waals surface area contributed by atoms with Crippen LogP contribution < -0.4 is 0 Å². The fraction of sp³-hybridized carbons (Fsp3) is 0.610. The molecule has 260 valence electrons. The quantitative estimate of drug-likeness (QED) is 0.0465. The molecule has 5 nitrogen and oxygen atoms in total. The van der Waals surface area contributed by atoms with E-state index in [9.17, 15) is 14.7 Å². The topological polar surface area (TPSA) is 72.8 Å². The van der Waals surface area contributed by atoms with Crippen LogP contribution in [0.3, 0.4) is 0 Å². The van der Waals surface area contributed by atoms with Crippen molar-refractivity contribution in [3.8, 4) is 0 Å². The molecule has 0 heterocycles. The maximum absolute atomic E-state index is 12.1. The number of carbonyl (C=O) groups excluding carboxylic acids is 2. The van der Waals surface area contributed by atoms with Gasteiger partial charge in [0.05, 0.1) is 6.61 Å². The summed E-state index contributed by atoms with van der Waals surface area (Å²) in [5.41, 5.74) is 0. The van der Waals surface area contributed by atoms with Gasteiger partial charge < -0.3 is 14.6 Å². The first kappa shape index (κ1) is 43.1. The summed E-state index contributed by atoms with van der Waals surface area (Å²) in [7, 11) is 0. The van der Waals surface area contributed by atoms with Gasteiger partial charge in [-0.3, -0.25) is 9.59 Å². The number of carbonyl (C=O) groups is 2. The van der Waals surface area contributed by atoms with E-state index in [0.29, 0.717) is 12.8 Å². The van der Waals surface area contributed by atoms with E-state index >= 15 is 0 Å². The second kappa shape index (κ2) is 36.5. The maximum Gasteiger partial charge on any atom is 0.306 e. The minimum absolute atomic E-state index is 0.113. The molecular weight excluding hydrogens is 572 g/mol. The first-order valence-electron chi connectivity index (χ1n) is 18.1. The van der Waals surface area contributed by atoms with Crippen molar-refractivity contribution >= 4 is 11.9 Å². The lowest BCUT2D eigenvalue weighted by atomic mass is 10.1. The summed E-state index contributed by atoms with van der Waals surface area (Å²) in [6.45, 7) is 3.97. The van der Waals surface area contributed by atoms with E-state index in [1.165, 1.54) is 51.4 Å². The fourth-order valence-corrected chi connectivity index (χ4v) is 4.37. The molecule has 0 fully saturated rings. The van der Waals surface area contributed by atoms with Crippen LogP contribution in [-0.2, 0) is 19.1 Å². The van der Waals surface area contributed by atoms with Gasteiger partial charge in [0.25, 0.3) is 0 Å². The molecule has 0 aliphatic heterocycles. The molecule has 1 atom stereocenters. The minimum atomic E-state index is -0.819. The third-order valence-corrected chi connectivity index (χ3v) is 7.16. The monoisotopic (exact) mass is 638 g/mol. The van der Waals surface area contributed by atoms with Crippen LogP contribution in [0.2, 0.25) is 0 Å². The Kier molecular flexibility index (Phi) is 34.2. The van der Waals surface area contributed by atoms with Crippen molar-refractivity contribution in [1.82, 2.24) is 0 Å². The van der Waals surface area contributed by atoms with Gasteiger partial charge in [-0.2, -0.15) is 0 Å². The molecule has 0 unspecified atom stereocenters. The van der Waals surface area contributed by atoms with Crippen LogP contribution in [-0.4, -0.2) is 36.4 Å². The first-order chi connectivity index (χ1) is 22.6. The smallest absolute Gasteiger partial charge is 0.306 e. The van der Waals surface area contributed by atoms with Crippen LogP contribution in [0.25, 0.3) is 0 Å². The van der Waals surface area contributed by atoms with Crippen LogP contribution in [0.4, 0.5) is 0 Å². The van der Waals surface area contributed by atoms with Gasteiger partial charge in [-0.1, -0.05) is 125 Å². The molecule has 5 heteroatoms. The van der Waals surface area contributed by atoms with Gasteiger partial charge in [0, 0.05) is 12.8 Å². The van der Waals surface area contributed by atoms with Gasteiger partial charge in [-0.05, 0) is 89.9 Å². The average molecular weight is 639 g/mol. The first-order valence-corrected chi connectivity index (χ1v) is 18.1. The largest absolute Gasteiger partial charge is 0.462 e. The summed E-state index contributed by atoms with van der Waals surface area (Å²) in [4.78, 5) is 24.1. The molecule has 0 spiro atoms. The predicted octanol–water partition coefficient (Wildman–Crippen LogP) is 11.2. The van der Waals surface area contributed by atoms with Crippen molar-refractivity contribution in [2.75, 3.05) is 13.2 Å². The number of rotatable bonds is 31. The summed E-state index contributed by atoms with van der Waals surface area (Å²) in [5.74, 6) is -0.712. The Balaban J connectivity index is 3.78. The summed E-state index contributed by atoms with van der Waals surface area (Å²) in [5, 5.41) is 9.52. The van der Waals surface area contributed by atoms with E-state index in [1.54, 1.807) is 0 Å². The van der Waals surface area contributed by atoms with Gasteiger partial charge >= 0.3 is 11.9 Å². The Hall–Kier alpha value is -2.92. The van der Waals surface area contributed by atoms with Crippen molar-refractivity contribution in [2.24, 2.45) is 0 Å². The molecule has 46 heavy (non-hydrogen) atoms. The van der Waals surface area contributed by atoms with E-state index in [2.05, 4.69) is 98.9 Å². The molecule has 0 amide bonds. The highest BCUT2D eigenvalue weighted by Gasteiger charge is 2.15. The van der Waals surface area contributed by atoms with Crippen molar-refractivity contribution in [3.63, 3.8) is 0 Å². The van der Waals surface area contributed by atoms with Gasteiger partial charge in [-0.25, -0.2) is 0 Å². The zero-order chi connectivity index (χ0) is 33.6. The standard InChI is InChI=1S/C41H66O5/c1-3-5-7-9-11-13-15-17-19-20-22-24-26-28-30-32-34-36-41(44)46-39(37-42)38-45-40(43)35-33-31-29-27-25-23-21-18-16-14-12-10-8-6-4-2/h11-14,17-19,21-22,24-25,27-28,30,39,42H,3-10,15-16,20,23,26,29,31-38H2,1-2H3/b13-11-,14-12-,19-17-,21-18-,24-22-,27-25-,30-28-/t39-/m0/s1. The number of ether oxygens (including phenoxy) is 2. The molecule has 0 aromatic heterocycles. The van der Waals surface area contributed by atoms with Gasteiger partial charge in [0.15, 0.2) is 6.10 Å². The summed E-state index contributed by atoms with van der Waals surface area (Å²) >= 11 is 0. The molecule has 0 aromatic carbocycles. The number of esters is 2. The van der Waals surface area contributed by atoms with Crippen LogP contribution in [0.1, 0.15) is 142 Å². The molecule has 0 rings (SSSR count). The van der Waals surface area contributed by atoms with Gasteiger partial charge in [0.1, 0.15) is 6.61 Å². The number of unbranched alkanes of at least 4 members (excludes halogenated alkanes) is 9. The van der Waals surface area contributed by atoms with Crippen LogP contribution in [0.15, 0.2) is 85.1 Å². The predicted molar refractivity (Wildman–Crippen MR) is 196 cm³/mol. The zero-order valence-electron chi connectivity index (χ0n) is 29.3. The van der Waals surface area contributed by atoms with Crippen molar-refractivity contribution in [3.05, 3.63) is 85.1 Å². The third-order valence-electron chi connectivity index (χ3n) is 7.16. The average Bonchev–Trinajstić information content (AvgIpc) is 3.06. The summed E-state index contributed by atoms with van der Waals surface area (Å²) in [6, 6.07) is 0. The summed E-state index contributed by atoms with van der Waals surface area (Å²) < 4.78 is 10.5. The Morgan fingerprint density at radius 2 is 0.870 bits per heavy atom. The SMILES string of the molecule is CCCCC/C=C\C/C=C\C/C=C\C/C=C\CCCC(=O)O[C@@H](CO)COC(=O)CCCC/C=C\C/C=C\C/C=C\CCCCC. The van der Waals surface area contributed by atoms with Crippen LogP contribution >= 0.6 is 0 Å². The molecule has 0 aromatic rings. The zero-order valence-corrected chi connectivity index (χ0v) is 29.3. The molecule has 0 radical (unpaired) electrons. The number of hydrogen-bond acceptors (Lipinski definition) is 5. The van der Waals surface area contributed by atoms with Crippen molar-refractivity contribution in [1.29, 1.82) is 0 Å². The lowest BCUT2D eigenvalue weighted by molar-refractivity contribution is -0.161. The number of hydrogen-bond donors (Lipinski definition) is 1. The molecule has 0 saturated carbocycles. The summed E-state index contributed by atoms with van der Waals surface area (Å²) in [6.07, 6.45) is 49.2. The second-order valence-corrected chi connectivity index (χ2v) is 11.6. The second-order valence-electron chi connectivity index (χ2n) is 11.6. The highest BCUT2D eigenvalue weighted by molar-refractivity contribution is 5.70. The molecule has 0 aliphatic rings.